The monoisotopic (exact) mass is 604 g/mol. The van der Waals surface area contributed by atoms with E-state index in [1.807, 2.05) is 103 Å². The minimum Gasteiger partial charge on any atom is -0.436 e. The molecule has 0 N–H and O–H groups in total. The maximum atomic E-state index is 5.91. The maximum Gasteiger partial charge on any atom is 0.227 e. The largest absolute Gasteiger partial charge is 0.436 e. The summed E-state index contributed by atoms with van der Waals surface area (Å²) in [6.07, 6.45) is 5.41. The zero-order chi connectivity index (χ0) is 31.2. The molecule has 5 heterocycles. The van der Waals surface area contributed by atoms with Crippen LogP contribution in [0, 0.1) is 0 Å². The van der Waals surface area contributed by atoms with Crippen LogP contribution < -0.4 is 0 Å². The van der Waals surface area contributed by atoms with Gasteiger partial charge in [0.1, 0.15) is 0 Å². The quantitative estimate of drug-likeness (QED) is 0.193. The summed E-state index contributed by atoms with van der Waals surface area (Å²) in [5, 5.41) is 3.99. The van der Waals surface area contributed by atoms with E-state index in [4.69, 9.17) is 29.3 Å². The molecule has 0 amide bonds. The highest BCUT2D eigenvalue weighted by Crippen LogP contribution is 2.36. The topological polar surface area (TPSA) is 90.5 Å². The first-order chi connectivity index (χ1) is 23.3. The van der Waals surface area contributed by atoms with Crippen LogP contribution in [0.4, 0.5) is 0 Å². The number of aromatic nitrogens is 6. The predicted molar refractivity (Wildman–Crippen MR) is 185 cm³/mol. The van der Waals surface area contributed by atoms with Crippen molar-refractivity contribution < 1.29 is 4.42 Å². The summed E-state index contributed by atoms with van der Waals surface area (Å²) < 4.78 is 5.91. The molecule has 9 rings (SSSR count). The van der Waals surface area contributed by atoms with Crippen molar-refractivity contribution in [1.82, 2.24) is 29.9 Å². The number of pyridine rings is 3. The average Bonchev–Trinajstić information content (AvgIpc) is 3.53. The first kappa shape index (κ1) is 26.8. The Kier molecular flexibility index (Phi) is 6.31. The second kappa shape index (κ2) is 11.1. The van der Waals surface area contributed by atoms with Crippen LogP contribution in [0.25, 0.3) is 89.5 Å². The molecule has 0 fully saturated rings. The molecule has 47 heavy (non-hydrogen) atoms. The molecule has 9 aromatic rings. The minimum absolute atomic E-state index is 0.597. The fraction of sp³-hybridized carbons (Fsp3) is 0. The van der Waals surface area contributed by atoms with Crippen molar-refractivity contribution >= 4 is 32.8 Å². The second-order valence-electron chi connectivity index (χ2n) is 11.2. The molecule has 0 bridgehead atoms. The number of hydrogen-bond acceptors (Lipinski definition) is 7. The van der Waals surface area contributed by atoms with Gasteiger partial charge in [-0.1, -0.05) is 103 Å². The number of benzene rings is 4. The molecular weight excluding hydrogens is 580 g/mol. The molecule has 0 saturated heterocycles. The smallest absolute Gasteiger partial charge is 0.227 e. The third-order valence-electron chi connectivity index (χ3n) is 8.30. The van der Waals surface area contributed by atoms with Crippen molar-refractivity contribution in [3.63, 3.8) is 0 Å². The van der Waals surface area contributed by atoms with E-state index in [1.54, 1.807) is 12.4 Å². The van der Waals surface area contributed by atoms with Gasteiger partial charge < -0.3 is 4.42 Å². The number of fused-ring (bicyclic) bond motifs is 4. The first-order valence-corrected chi connectivity index (χ1v) is 15.3. The Morgan fingerprint density at radius 1 is 0.426 bits per heavy atom. The molecule has 0 aliphatic rings. The molecule has 0 radical (unpaired) electrons. The summed E-state index contributed by atoms with van der Waals surface area (Å²) in [5.41, 5.74) is 7.64. The van der Waals surface area contributed by atoms with Crippen molar-refractivity contribution in [2.24, 2.45) is 0 Å². The van der Waals surface area contributed by atoms with E-state index >= 15 is 0 Å². The Morgan fingerprint density at radius 2 is 1.04 bits per heavy atom. The van der Waals surface area contributed by atoms with Gasteiger partial charge in [0.2, 0.25) is 5.71 Å². The molecule has 0 atom stereocenters. The predicted octanol–water partition coefficient (Wildman–Crippen LogP) is 9.44. The first-order valence-electron chi connectivity index (χ1n) is 15.3. The van der Waals surface area contributed by atoms with Gasteiger partial charge in [-0.2, -0.15) is 0 Å². The normalized spacial score (nSPS) is 11.4. The van der Waals surface area contributed by atoms with Gasteiger partial charge in [0.25, 0.3) is 0 Å². The van der Waals surface area contributed by atoms with Crippen LogP contribution in [0.15, 0.2) is 150 Å². The lowest BCUT2D eigenvalue weighted by molar-refractivity contribution is 0.652. The van der Waals surface area contributed by atoms with Gasteiger partial charge >= 0.3 is 0 Å². The van der Waals surface area contributed by atoms with Crippen molar-refractivity contribution in [3.05, 3.63) is 146 Å². The molecule has 7 nitrogen and oxygen atoms in total. The molecule has 7 heteroatoms. The van der Waals surface area contributed by atoms with E-state index in [1.165, 1.54) is 0 Å². The lowest BCUT2D eigenvalue weighted by Crippen LogP contribution is -2.00. The van der Waals surface area contributed by atoms with Gasteiger partial charge in [-0.15, -0.1) is 0 Å². The van der Waals surface area contributed by atoms with Gasteiger partial charge in [-0.25, -0.2) is 19.9 Å². The molecule has 0 saturated carbocycles. The Morgan fingerprint density at radius 3 is 1.79 bits per heavy atom. The van der Waals surface area contributed by atoms with Crippen LogP contribution in [-0.4, -0.2) is 29.9 Å². The highest BCUT2D eigenvalue weighted by atomic mass is 16.3. The molecule has 4 aromatic carbocycles. The van der Waals surface area contributed by atoms with Gasteiger partial charge in [0, 0.05) is 50.8 Å². The average molecular weight is 605 g/mol. The summed E-state index contributed by atoms with van der Waals surface area (Å²) in [6, 6.07) is 42.6. The van der Waals surface area contributed by atoms with Crippen molar-refractivity contribution in [2.45, 2.75) is 0 Å². The highest BCUT2D eigenvalue weighted by molar-refractivity contribution is 6.07. The van der Waals surface area contributed by atoms with Crippen molar-refractivity contribution in [1.29, 1.82) is 0 Å². The van der Waals surface area contributed by atoms with Crippen LogP contribution in [0.3, 0.4) is 0 Å². The number of furan rings is 1. The van der Waals surface area contributed by atoms with E-state index < -0.39 is 0 Å². The standard InChI is InChI=1S/C40H24N6O/c1-3-11-25(12-4-1)37-44-38(26-13-5-2-6-14-26)46-39(45-37)28-16-9-15-27(21-28)33-23-43-36(30-18-8-7-17-29(30)33)34-22-32-31-19-10-20-41-40(31)47-35(32)24-42-34/h1-24H. The van der Waals surface area contributed by atoms with Gasteiger partial charge in [-0.3, -0.25) is 9.97 Å². The van der Waals surface area contributed by atoms with E-state index in [-0.39, 0.29) is 0 Å². The molecule has 5 aromatic heterocycles. The zero-order valence-electron chi connectivity index (χ0n) is 24.9. The van der Waals surface area contributed by atoms with Crippen LogP contribution >= 0.6 is 0 Å². The molecule has 0 aliphatic heterocycles. The van der Waals surface area contributed by atoms with Crippen LogP contribution in [0.1, 0.15) is 0 Å². The Labute approximate surface area is 269 Å². The Balaban J connectivity index is 1.17. The van der Waals surface area contributed by atoms with Gasteiger partial charge in [0.15, 0.2) is 23.1 Å². The lowest BCUT2D eigenvalue weighted by Gasteiger charge is -2.12. The number of nitrogens with zero attached hydrogens (tertiary/aromatic N) is 6. The number of hydrogen-bond donors (Lipinski definition) is 0. The molecule has 220 valence electrons. The Hall–Kier alpha value is -6.60. The van der Waals surface area contributed by atoms with Crippen LogP contribution in [0.5, 0.6) is 0 Å². The van der Waals surface area contributed by atoms with Crippen molar-refractivity contribution in [3.8, 4) is 56.7 Å². The zero-order valence-corrected chi connectivity index (χ0v) is 24.9. The maximum absolute atomic E-state index is 5.91. The summed E-state index contributed by atoms with van der Waals surface area (Å²) in [4.78, 5) is 28.8. The fourth-order valence-corrected chi connectivity index (χ4v) is 6.04. The third kappa shape index (κ3) is 4.78. The summed E-state index contributed by atoms with van der Waals surface area (Å²) >= 11 is 0. The van der Waals surface area contributed by atoms with E-state index in [0.717, 1.165) is 60.8 Å². The highest BCUT2D eigenvalue weighted by Gasteiger charge is 2.17. The van der Waals surface area contributed by atoms with Crippen molar-refractivity contribution in [2.75, 3.05) is 0 Å². The van der Waals surface area contributed by atoms with Crippen LogP contribution in [0.2, 0.25) is 0 Å². The summed E-state index contributed by atoms with van der Waals surface area (Å²) in [5.74, 6) is 1.86. The molecular formula is C40H24N6O. The molecule has 0 spiro atoms. The summed E-state index contributed by atoms with van der Waals surface area (Å²) in [6.45, 7) is 0. The van der Waals surface area contributed by atoms with Crippen LogP contribution in [-0.2, 0) is 0 Å². The van der Waals surface area contributed by atoms with Gasteiger partial charge in [0.05, 0.1) is 17.6 Å². The molecule has 0 unspecified atom stereocenters. The number of rotatable bonds is 5. The minimum atomic E-state index is 0.597. The Bertz CT molecular complexity index is 2520. The molecule has 0 aliphatic carbocycles. The fourth-order valence-electron chi connectivity index (χ4n) is 6.04. The van der Waals surface area contributed by atoms with E-state index in [0.29, 0.717) is 28.8 Å². The second-order valence-corrected chi connectivity index (χ2v) is 11.2. The van der Waals surface area contributed by atoms with E-state index in [9.17, 15) is 0 Å². The lowest BCUT2D eigenvalue weighted by atomic mass is 9.96. The summed E-state index contributed by atoms with van der Waals surface area (Å²) in [7, 11) is 0. The van der Waals surface area contributed by atoms with E-state index in [2.05, 4.69) is 35.3 Å². The third-order valence-corrected chi connectivity index (χ3v) is 8.30. The SMILES string of the molecule is c1ccc(-c2nc(-c3ccccc3)nc(-c3cccc(-c4cnc(-c5cc6c(cn5)oc5ncccc56)c5ccccc45)c3)n2)cc1. The van der Waals surface area contributed by atoms with Gasteiger partial charge in [-0.05, 0) is 35.2 Å².